The minimum atomic E-state index is -4.14. The van der Waals surface area contributed by atoms with Gasteiger partial charge in [-0.25, -0.2) is 4.39 Å². The predicted molar refractivity (Wildman–Crippen MR) is 115 cm³/mol. The molecular weight excluding hydrogens is 501 g/mol. The van der Waals surface area contributed by atoms with Crippen LogP contribution in [0.1, 0.15) is 30.4 Å². The first-order valence-corrected chi connectivity index (χ1v) is 9.23. The van der Waals surface area contributed by atoms with Gasteiger partial charge in [-0.2, -0.15) is 18.4 Å². The molecule has 29 heavy (non-hydrogen) atoms. The molecule has 1 fully saturated rings. The van der Waals surface area contributed by atoms with Gasteiger partial charge < -0.3 is 10.6 Å². The lowest BCUT2D eigenvalue weighted by Gasteiger charge is -2.32. The van der Waals surface area contributed by atoms with Gasteiger partial charge in [-0.05, 0) is 56.5 Å². The molecule has 0 saturated carbocycles. The van der Waals surface area contributed by atoms with Crippen LogP contribution in [0.25, 0.3) is 0 Å². The fraction of sp³-hybridized carbons (Fsp3) is 0.579. The number of nitrogens with one attached hydrogen (secondary N) is 2. The fourth-order valence-corrected chi connectivity index (χ4v) is 3.26. The number of alkyl halides is 3. The summed E-state index contributed by atoms with van der Waals surface area (Å²) in [5.74, 6) is 0.490. The minimum Gasteiger partial charge on any atom is -0.356 e. The Labute approximate surface area is 185 Å². The van der Waals surface area contributed by atoms with Gasteiger partial charge in [0.1, 0.15) is 5.82 Å². The number of benzene rings is 1. The summed E-state index contributed by atoms with van der Waals surface area (Å²) >= 11 is 0. The van der Waals surface area contributed by atoms with E-state index in [1.165, 1.54) is 23.1 Å². The summed E-state index contributed by atoms with van der Waals surface area (Å²) in [4.78, 5) is 5.54. The number of aliphatic imine (C=N–C) groups is 1. The fourth-order valence-electron chi connectivity index (χ4n) is 3.26. The first-order valence-electron chi connectivity index (χ1n) is 9.23. The quantitative estimate of drug-likeness (QED) is 0.257. The van der Waals surface area contributed by atoms with E-state index in [0.717, 1.165) is 19.3 Å². The third-order valence-electron chi connectivity index (χ3n) is 4.80. The van der Waals surface area contributed by atoms with Crippen LogP contribution >= 0.6 is 24.0 Å². The van der Waals surface area contributed by atoms with Crippen molar-refractivity contribution in [1.29, 1.82) is 5.26 Å². The van der Waals surface area contributed by atoms with Crippen molar-refractivity contribution in [2.24, 2.45) is 10.9 Å². The highest BCUT2D eigenvalue weighted by molar-refractivity contribution is 14.0. The van der Waals surface area contributed by atoms with Crippen molar-refractivity contribution < 1.29 is 17.6 Å². The summed E-state index contributed by atoms with van der Waals surface area (Å²) < 4.78 is 51.1. The van der Waals surface area contributed by atoms with Crippen LogP contribution in [0.2, 0.25) is 0 Å². The van der Waals surface area contributed by atoms with Gasteiger partial charge in [-0.1, -0.05) is 0 Å². The molecule has 1 aliphatic heterocycles. The third kappa shape index (κ3) is 9.16. The Morgan fingerprint density at radius 2 is 1.97 bits per heavy atom. The second kappa shape index (κ2) is 12.2. The van der Waals surface area contributed by atoms with Crippen molar-refractivity contribution in [1.82, 2.24) is 15.5 Å². The van der Waals surface area contributed by atoms with Gasteiger partial charge in [0.25, 0.3) is 0 Å². The number of rotatable bonds is 6. The number of nitrogens with zero attached hydrogens (tertiary/aromatic N) is 3. The van der Waals surface area contributed by atoms with E-state index in [9.17, 15) is 17.6 Å². The maximum Gasteiger partial charge on any atom is 0.401 e. The van der Waals surface area contributed by atoms with Crippen molar-refractivity contribution in [3.8, 4) is 6.07 Å². The molecule has 0 aliphatic carbocycles. The molecule has 1 saturated heterocycles. The Morgan fingerprint density at radius 1 is 1.28 bits per heavy atom. The summed E-state index contributed by atoms with van der Waals surface area (Å²) in [6.45, 7) is 0.913. The number of halogens is 5. The average molecular weight is 527 g/mol. The van der Waals surface area contributed by atoms with Crippen LogP contribution in [0.15, 0.2) is 23.2 Å². The van der Waals surface area contributed by atoms with Crippen LogP contribution in [0.4, 0.5) is 17.6 Å². The Morgan fingerprint density at radius 3 is 2.55 bits per heavy atom. The topological polar surface area (TPSA) is 63.5 Å². The van der Waals surface area contributed by atoms with Gasteiger partial charge in [-0.3, -0.25) is 9.89 Å². The molecule has 2 N–H and O–H groups in total. The van der Waals surface area contributed by atoms with E-state index in [4.69, 9.17) is 5.26 Å². The first kappa shape index (κ1) is 25.4. The molecule has 10 heteroatoms. The second-order valence-corrected chi connectivity index (χ2v) is 6.89. The van der Waals surface area contributed by atoms with Gasteiger partial charge in [0.2, 0.25) is 0 Å². The van der Waals surface area contributed by atoms with Crippen LogP contribution in [0.3, 0.4) is 0 Å². The molecule has 1 aliphatic rings. The average Bonchev–Trinajstić information content (AvgIpc) is 2.65. The normalized spacial score (nSPS) is 16.1. The van der Waals surface area contributed by atoms with Gasteiger partial charge in [0.15, 0.2) is 5.96 Å². The molecule has 162 valence electrons. The van der Waals surface area contributed by atoms with Crippen molar-refractivity contribution in [3.63, 3.8) is 0 Å². The zero-order valence-electron chi connectivity index (χ0n) is 16.2. The van der Waals surface area contributed by atoms with Crippen LogP contribution in [0, 0.1) is 23.1 Å². The molecular formula is C19H26F4IN5. The van der Waals surface area contributed by atoms with Crippen LogP contribution in [-0.4, -0.2) is 50.3 Å². The smallest absolute Gasteiger partial charge is 0.356 e. The molecule has 0 amide bonds. The molecule has 0 atom stereocenters. The highest BCUT2D eigenvalue weighted by Crippen LogP contribution is 2.23. The summed E-state index contributed by atoms with van der Waals surface area (Å²) in [6.07, 6.45) is -1.82. The number of likely N-dealkylation sites (tertiary alicyclic amines) is 1. The molecule has 0 radical (unpaired) electrons. The van der Waals surface area contributed by atoms with Crippen LogP contribution < -0.4 is 10.6 Å². The largest absolute Gasteiger partial charge is 0.401 e. The zero-order valence-corrected chi connectivity index (χ0v) is 18.6. The molecule has 1 aromatic carbocycles. The monoisotopic (exact) mass is 527 g/mol. The third-order valence-corrected chi connectivity index (χ3v) is 4.80. The molecule has 2 rings (SSSR count). The molecule has 1 aromatic rings. The van der Waals surface area contributed by atoms with E-state index in [2.05, 4.69) is 15.6 Å². The Balaban J connectivity index is 0.00000420. The summed E-state index contributed by atoms with van der Waals surface area (Å²) in [7, 11) is 1.60. The van der Waals surface area contributed by atoms with Crippen molar-refractivity contribution in [2.75, 3.05) is 33.2 Å². The molecule has 0 spiro atoms. The lowest BCUT2D eigenvalue weighted by atomic mass is 9.93. The lowest BCUT2D eigenvalue weighted by molar-refractivity contribution is -0.148. The molecule has 0 unspecified atom stereocenters. The number of nitriles is 1. The molecule has 5 nitrogen and oxygen atoms in total. The van der Waals surface area contributed by atoms with Gasteiger partial charge in [0.05, 0.1) is 18.2 Å². The van der Waals surface area contributed by atoms with E-state index in [-0.39, 0.29) is 30.5 Å². The standard InChI is InChI=1S/C19H25F4N5.HI/c1-25-18(27-12-16-10-15(11-24)2-3-17(16)20)26-7-4-14-5-8-28(9-6-14)13-19(21,22)23;/h2-3,10,14H,4-9,12-13H2,1H3,(H2,25,26,27);1H. The van der Waals surface area contributed by atoms with Crippen LogP contribution in [0.5, 0.6) is 0 Å². The highest BCUT2D eigenvalue weighted by atomic mass is 127. The maximum atomic E-state index is 13.8. The van der Waals surface area contributed by atoms with Gasteiger partial charge >= 0.3 is 6.18 Å². The molecule has 1 heterocycles. The lowest BCUT2D eigenvalue weighted by Crippen LogP contribution is -2.41. The van der Waals surface area contributed by atoms with E-state index in [0.29, 0.717) is 42.6 Å². The second-order valence-electron chi connectivity index (χ2n) is 6.89. The predicted octanol–water partition coefficient (Wildman–Crippen LogP) is 3.64. The Bertz CT molecular complexity index is 710. The summed E-state index contributed by atoms with van der Waals surface area (Å²) in [5, 5.41) is 15.0. The number of hydrogen-bond donors (Lipinski definition) is 2. The van der Waals surface area contributed by atoms with E-state index < -0.39 is 18.5 Å². The zero-order chi connectivity index (χ0) is 20.6. The number of hydrogen-bond acceptors (Lipinski definition) is 3. The minimum absolute atomic E-state index is 0. The number of piperidine rings is 1. The Hall–Kier alpha value is -1.61. The summed E-state index contributed by atoms with van der Waals surface area (Å²) in [5.41, 5.74) is 0.761. The van der Waals surface area contributed by atoms with E-state index in [1.807, 2.05) is 6.07 Å². The first-order chi connectivity index (χ1) is 13.3. The Kier molecular flexibility index (Phi) is 10.7. The molecule has 0 aromatic heterocycles. The van der Waals surface area contributed by atoms with Gasteiger partial charge in [0, 0.05) is 25.7 Å². The van der Waals surface area contributed by atoms with Crippen molar-refractivity contribution in [2.45, 2.75) is 32.0 Å². The van der Waals surface area contributed by atoms with Crippen molar-refractivity contribution in [3.05, 3.63) is 35.1 Å². The summed E-state index contributed by atoms with van der Waals surface area (Å²) in [6, 6.07) is 6.15. The van der Waals surface area contributed by atoms with Crippen molar-refractivity contribution >= 4 is 29.9 Å². The van der Waals surface area contributed by atoms with E-state index in [1.54, 1.807) is 7.05 Å². The maximum absolute atomic E-state index is 13.8. The van der Waals surface area contributed by atoms with Crippen LogP contribution in [-0.2, 0) is 6.54 Å². The highest BCUT2D eigenvalue weighted by Gasteiger charge is 2.32. The molecule has 0 bridgehead atoms. The van der Waals surface area contributed by atoms with Gasteiger partial charge in [-0.15, -0.1) is 24.0 Å². The van der Waals surface area contributed by atoms with E-state index >= 15 is 0 Å². The number of guanidine groups is 1. The SMILES string of the molecule is CN=C(NCCC1CCN(CC(F)(F)F)CC1)NCc1cc(C#N)ccc1F.I.